The van der Waals surface area contributed by atoms with Crippen LogP contribution in [0.5, 0.6) is 0 Å². The molecule has 0 heterocycles. The highest BCUT2D eigenvalue weighted by Crippen LogP contribution is 2.57. The number of hydrogen-bond donors (Lipinski definition) is 1. The summed E-state index contributed by atoms with van der Waals surface area (Å²) in [5, 5.41) is 12.4. The van der Waals surface area contributed by atoms with Gasteiger partial charge in [-0.05, 0) is 54.9 Å². The summed E-state index contributed by atoms with van der Waals surface area (Å²) in [5.74, 6) is 0. The van der Waals surface area contributed by atoms with E-state index in [0.29, 0.717) is 0 Å². The van der Waals surface area contributed by atoms with Gasteiger partial charge >= 0.3 is 0 Å². The Morgan fingerprint density at radius 3 is 2.18 bits per heavy atom. The predicted octanol–water partition coefficient (Wildman–Crippen LogP) is 6.42. The first-order valence-corrected chi connectivity index (χ1v) is 14.0. The summed E-state index contributed by atoms with van der Waals surface area (Å²) < 4.78 is 0. The molecule has 0 amide bonds. The van der Waals surface area contributed by atoms with Crippen LogP contribution in [0.15, 0.2) is 77.0 Å². The van der Waals surface area contributed by atoms with E-state index in [1.165, 1.54) is 27.8 Å². The molecule has 0 spiro atoms. The molecule has 0 bridgehead atoms. The SMILES string of the molecule is CC1=C2C[C@H](O)C[C@]2(Cc2ccccc2)CC([Si](C)(C)C)=C1c1ccccc1. The Bertz CT molecular complexity index is 918. The highest BCUT2D eigenvalue weighted by atomic mass is 28.3. The van der Waals surface area contributed by atoms with Gasteiger partial charge in [-0.15, -0.1) is 0 Å². The third-order valence-electron chi connectivity index (χ3n) is 6.70. The molecular formula is C26H32OSi. The lowest BCUT2D eigenvalue weighted by atomic mass is 9.68. The van der Waals surface area contributed by atoms with Crippen molar-refractivity contribution >= 4 is 13.6 Å². The van der Waals surface area contributed by atoms with Crippen LogP contribution in [0.3, 0.4) is 0 Å². The zero-order valence-electron chi connectivity index (χ0n) is 17.6. The largest absolute Gasteiger partial charge is 0.393 e. The zero-order valence-corrected chi connectivity index (χ0v) is 18.6. The third-order valence-corrected chi connectivity index (χ3v) is 8.94. The minimum atomic E-state index is -1.53. The van der Waals surface area contributed by atoms with Crippen molar-refractivity contribution in [2.75, 3.05) is 0 Å². The lowest BCUT2D eigenvalue weighted by Gasteiger charge is -2.42. The van der Waals surface area contributed by atoms with E-state index < -0.39 is 8.07 Å². The summed E-state index contributed by atoms with van der Waals surface area (Å²) in [7, 11) is -1.53. The molecule has 1 fully saturated rings. The first-order valence-electron chi connectivity index (χ1n) is 10.5. The Morgan fingerprint density at radius 2 is 1.57 bits per heavy atom. The van der Waals surface area contributed by atoms with Crippen molar-refractivity contribution in [3.8, 4) is 0 Å². The molecule has 2 aliphatic rings. The van der Waals surface area contributed by atoms with Gasteiger partial charge in [-0.3, -0.25) is 0 Å². The number of hydrogen-bond acceptors (Lipinski definition) is 1. The van der Waals surface area contributed by atoms with Crippen molar-refractivity contribution in [2.45, 2.75) is 58.4 Å². The minimum absolute atomic E-state index is 0.0821. The Labute approximate surface area is 170 Å². The highest BCUT2D eigenvalue weighted by molar-refractivity contribution is 6.84. The van der Waals surface area contributed by atoms with Gasteiger partial charge in [0, 0.05) is 5.41 Å². The molecule has 1 N–H and O–H groups in total. The third kappa shape index (κ3) is 3.44. The average molecular weight is 389 g/mol. The van der Waals surface area contributed by atoms with Crippen molar-refractivity contribution in [3.63, 3.8) is 0 Å². The van der Waals surface area contributed by atoms with E-state index >= 15 is 0 Å². The molecule has 0 aliphatic heterocycles. The summed E-state index contributed by atoms with van der Waals surface area (Å²) in [4.78, 5) is 0. The number of allylic oxidation sites excluding steroid dienone is 3. The molecule has 1 nitrogen and oxygen atoms in total. The summed E-state index contributed by atoms with van der Waals surface area (Å²) in [5.41, 5.74) is 7.23. The lowest BCUT2D eigenvalue weighted by Crippen LogP contribution is -2.36. The van der Waals surface area contributed by atoms with Gasteiger partial charge in [0.15, 0.2) is 0 Å². The number of aliphatic hydroxyl groups excluding tert-OH is 1. The molecule has 4 rings (SSSR count). The first kappa shape index (κ1) is 19.4. The summed E-state index contributed by atoms with van der Waals surface area (Å²) in [6.07, 6.45) is 3.64. The number of rotatable bonds is 4. The average Bonchev–Trinajstić information content (AvgIpc) is 2.99. The predicted molar refractivity (Wildman–Crippen MR) is 122 cm³/mol. The number of benzene rings is 2. The molecule has 2 aromatic carbocycles. The topological polar surface area (TPSA) is 20.2 Å². The van der Waals surface area contributed by atoms with E-state index in [9.17, 15) is 5.11 Å². The summed E-state index contributed by atoms with van der Waals surface area (Å²) in [6, 6.07) is 21.8. The van der Waals surface area contributed by atoms with Crippen molar-refractivity contribution < 1.29 is 5.11 Å². The van der Waals surface area contributed by atoms with E-state index in [0.717, 1.165) is 25.7 Å². The second-order valence-corrected chi connectivity index (χ2v) is 14.9. The van der Waals surface area contributed by atoms with Crippen LogP contribution in [-0.2, 0) is 6.42 Å². The van der Waals surface area contributed by atoms with E-state index in [1.54, 1.807) is 5.20 Å². The Balaban J connectivity index is 1.88. The molecule has 2 aliphatic carbocycles. The Morgan fingerprint density at radius 1 is 0.964 bits per heavy atom. The fourth-order valence-corrected chi connectivity index (χ4v) is 7.45. The fraction of sp³-hybridized carbons (Fsp3) is 0.385. The van der Waals surface area contributed by atoms with Crippen LogP contribution >= 0.6 is 0 Å². The van der Waals surface area contributed by atoms with Crippen LogP contribution in [0, 0.1) is 5.41 Å². The molecular weight excluding hydrogens is 356 g/mol. The van der Waals surface area contributed by atoms with Gasteiger partial charge in [0.1, 0.15) is 0 Å². The van der Waals surface area contributed by atoms with E-state index in [1.807, 2.05) is 0 Å². The van der Waals surface area contributed by atoms with E-state index in [4.69, 9.17) is 0 Å². The normalized spacial score (nSPS) is 25.2. The molecule has 0 aromatic heterocycles. The number of aliphatic hydroxyl groups is 1. The van der Waals surface area contributed by atoms with Gasteiger partial charge in [-0.2, -0.15) is 0 Å². The van der Waals surface area contributed by atoms with E-state index in [2.05, 4.69) is 87.2 Å². The number of fused-ring (bicyclic) bond motifs is 1. The molecule has 2 atom stereocenters. The smallest absolute Gasteiger partial charge is 0.0733 e. The van der Waals surface area contributed by atoms with Crippen molar-refractivity contribution in [3.05, 3.63) is 88.1 Å². The van der Waals surface area contributed by atoms with Crippen LogP contribution in [0.4, 0.5) is 0 Å². The monoisotopic (exact) mass is 388 g/mol. The summed E-state index contributed by atoms with van der Waals surface area (Å²) >= 11 is 0. The maximum atomic E-state index is 10.7. The first-order chi connectivity index (χ1) is 13.3. The fourth-order valence-electron chi connectivity index (χ4n) is 5.50. The molecule has 0 saturated heterocycles. The highest BCUT2D eigenvalue weighted by Gasteiger charge is 2.48. The maximum absolute atomic E-state index is 10.7. The second kappa shape index (κ2) is 7.17. The molecule has 2 aromatic rings. The quantitative estimate of drug-likeness (QED) is 0.599. The molecule has 2 heteroatoms. The van der Waals surface area contributed by atoms with Crippen molar-refractivity contribution in [1.29, 1.82) is 0 Å². The van der Waals surface area contributed by atoms with Gasteiger partial charge in [-0.25, -0.2) is 0 Å². The van der Waals surface area contributed by atoms with Gasteiger partial charge in [0.2, 0.25) is 0 Å². The van der Waals surface area contributed by atoms with Crippen LogP contribution < -0.4 is 0 Å². The van der Waals surface area contributed by atoms with Crippen molar-refractivity contribution in [1.82, 2.24) is 0 Å². The molecule has 1 saturated carbocycles. The minimum Gasteiger partial charge on any atom is -0.393 e. The summed E-state index contributed by atoms with van der Waals surface area (Å²) in [6.45, 7) is 9.75. The molecule has 28 heavy (non-hydrogen) atoms. The van der Waals surface area contributed by atoms with Gasteiger partial charge in [-0.1, -0.05) is 91.1 Å². The Kier molecular flexibility index (Phi) is 4.97. The van der Waals surface area contributed by atoms with Crippen molar-refractivity contribution in [2.24, 2.45) is 5.41 Å². The van der Waals surface area contributed by atoms with Gasteiger partial charge in [0.05, 0.1) is 14.2 Å². The van der Waals surface area contributed by atoms with Gasteiger partial charge in [0.25, 0.3) is 0 Å². The zero-order chi connectivity index (χ0) is 19.9. The van der Waals surface area contributed by atoms with Crippen LogP contribution in [-0.4, -0.2) is 19.3 Å². The van der Waals surface area contributed by atoms with E-state index in [-0.39, 0.29) is 11.5 Å². The Hall–Kier alpha value is -1.90. The maximum Gasteiger partial charge on any atom is 0.0733 e. The standard InChI is InChI=1S/C26H32OSi/c1-19-23-15-22(27)17-26(23,16-20-11-7-5-8-12-20)18-24(28(2,3)4)25(19)21-13-9-6-10-14-21/h5-14,22,27H,15-18H2,1-4H3/t22-,26+/m0/s1. The second-order valence-electron chi connectivity index (χ2n) is 9.75. The molecule has 0 radical (unpaired) electrons. The van der Waals surface area contributed by atoms with Crippen LogP contribution in [0.25, 0.3) is 5.57 Å². The lowest BCUT2D eigenvalue weighted by molar-refractivity contribution is 0.159. The molecule has 146 valence electrons. The van der Waals surface area contributed by atoms with Gasteiger partial charge < -0.3 is 5.11 Å². The van der Waals surface area contributed by atoms with Crippen LogP contribution in [0.2, 0.25) is 19.6 Å². The molecule has 0 unspecified atom stereocenters. The van der Waals surface area contributed by atoms with Crippen LogP contribution in [0.1, 0.15) is 37.3 Å².